The van der Waals surface area contributed by atoms with Crippen molar-refractivity contribution in [3.63, 3.8) is 0 Å². The predicted octanol–water partition coefficient (Wildman–Crippen LogP) is 3.94. The van der Waals surface area contributed by atoms with E-state index in [2.05, 4.69) is 16.3 Å². The highest BCUT2D eigenvalue weighted by molar-refractivity contribution is 8.03. The maximum Gasteiger partial charge on any atom is 0.179 e. The van der Waals surface area contributed by atoms with Gasteiger partial charge >= 0.3 is 0 Å². The van der Waals surface area contributed by atoms with Crippen LogP contribution in [-0.4, -0.2) is 16.5 Å². The summed E-state index contributed by atoms with van der Waals surface area (Å²) >= 11 is 10.4. The quantitative estimate of drug-likeness (QED) is 0.804. The zero-order valence-electron chi connectivity index (χ0n) is 8.68. The number of nitrogens with zero attached hydrogens (tertiary/aromatic N) is 3. The topological polar surface area (TPSA) is 49.6 Å². The molecule has 0 bridgehead atoms. The summed E-state index contributed by atoms with van der Waals surface area (Å²) in [6, 6.07) is 7.32. The van der Waals surface area contributed by atoms with E-state index in [1.807, 2.05) is 6.26 Å². The Morgan fingerprint density at radius 3 is 2.76 bits per heavy atom. The highest BCUT2D eigenvalue weighted by Gasteiger charge is 2.09. The minimum absolute atomic E-state index is 0.598. The number of halogens is 1. The summed E-state index contributed by atoms with van der Waals surface area (Å²) in [5, 5.41) is 17.7. The maximum atomic E-state index is 9.00. The average Bonchev–Trinajstić information content (AvgIpc) is 2.77. The molecule has 0 amide bonds. The van der Waals surface area contributed by atoms with Crippen LogP contribution in [0.5, 0.6) is 0 Å². The number of nitriles is 1. The van der Waals surface area contributed by atoms with Crippen LogP contribution in [0.15, 0.2) is 31.8 Å². The number of thioether (sulfide) groups is 1. The van der Waals surface area contributed by atoms with Gasteiger partial charge in [0.25, 0.3) is 0 Å². The van der Waals surface area contributed by atoms with Gasteiger partial charge in [0, 0.05) is 9.92 Å². The van der Waals surface area contributed by atoms with Crippen molar-refractivity contribution in [1.82, 2.24) is 10.2 Å². The van der Waals surface area contributed by atoms with Crippen molar-refractivity contribution in [1.29, 1.82) is 5.26 Å². The lowest BCUT2D eigenvalue weighted by Crippen LogP contribution is -1.81. The van der Waals surface area contributed by atoms with Crippen molar-refractivity contribution in [3.8, 4) is 6.07 Å². The van der Waals surface area contributed by atoms with E-state index >= 15 is 0 Å². The van der Waals surface area contributed by atoms with E-state index in [1.165, 1.54) is 23.1 Å². The predicted molar refractivity (Wildman–Crippen MR) is 72.0 cm³/mol. The van der Waals surface area contributed by atoms with Gasteiger partial charge in [-0.05, 0) is 24.5 Å². The normalized spacial score (nSPS) is 10.2. The van der Waals surface area contributed by atoms with Crippen LogP contribution in [0.1, 0.15) is 5.56 Å². The summed E-state index contributed by atoms with van der Waals surface area (Å²) in [7, 11) is 0. The number of rotatable bonds is 3. The molecule has 0 aliphatic heterocycles. The van der Waals surface area contributed by atoms with E-state index in [4.69, 9.17) is 16.9 Å². The van der Waals surface area contributed by atoms with Crippen molar-refractivity contribution >= 4 is 46.5 Å². The second-order valence-electron chi connectivity index (χ2n) is 2.89. The van der Waals surface area contributed by atoms with Gasteiger partial charge in [-0.15, -0.1) is 10.2 Å². The van der Waals surface area contributed by atoms with E-state index in [1.54, 1.807) is 30.0 Å². The van der Waals surface area contributed by atoms with E-state index in [0.717, 1.165) is 13.6 Å². The molecule has 0 atom stereocenters. The van der Waals surface area contributed by atoms with E-state index in [-0.39, 0.29) is 0 Å². The zero-order valence-corrected chi connectivity index (χ0v) is 11.9. The van der Waals surface area contributed by atoms with Crippen LogP contribution in [0.25, 0.3) is 0 Å². The Morgan fingerprint density at radius 2 is 2.12 bits per heavy atom. The van der Waals surface area contributed by atoms with Gasteiger partial charge in [-0.2, -0.15) is 5.26 Å². The summed E-state index contributed by atoms with van der Waals surface area (Å²) in [5.41, 5.74) is 0.598. The van der Waals surface area contributed by atoms with Gasteiger partial charge in [0.1, 0.15) is 6.07 Å². The van der Waals surface area contributed by atoms with Crippen molar-refractivity contribution in [2.24, 2.45) is 0 Å². The molecule has 0 unspecified atom stereocenters. The first kappa shape index (κ1) is 12.7. The van der Waals surface area contributed by atoms with Crippen LogP contribution in [-0.2, 0) is 0 Å². The van der Waals surface area contributed by atoms with E-state index in [9.17, 15) is 0 Å². The molecule has 1 heterocycles. The first-order valence-corrected chi connectivity index (χ1v) is 7.71. The third-order valence-electron chi connectivity index (χ3n) is 1.82. The molecule has 0 fully saturated rings. The van der Waals surface area contributed by atoms with E-state index < -0.39 is 0 Å². The molecule has 1 aromatic carbocycles. The van der Waals surface area contributed by atoms with Gasteiger partial charge in [0.05, 0.1) is 5.56 Å². The van der Waals surface area contributed by atoms with Crippen molar-refractivity contribution in [2.45, 2.75) is 13.6 Å². The summed E-state index contributed by atoms with van der Waals surface area (Å²) in [4.78, 5) is 0.809. The van der Waals surface area contributed by atoms with Crippen molar-refractivity contribution in [2.75, 3.05) is 6.26 Å². The largest absolute Gasteiger partial charge is 0.192 e. The Kier molecular flexibility index (Phi) is 4.29. The van der Waals surface area contributed by atoms with Crippen LogP contribution in [0.3, 0.4) is 0 Å². The fraction of sp³-hybridized carbons (Fsp3) is 0.100. The number of hydrogen-bond acceptors (Lipinski definition) is 6. The van der Waals surface area contributed by atoms with Crippen molar-refractivity contribution in [3.05, 3.63) is 28.8 Å². The van der Waals surface area contributed by atoms with Gasteiger partial charge in [-0.1, -0.05) is 46.5 Å². The Morgan fingerprint density at radius 1 is 1.35 bits per heavy atom. The van der Waals surface area contributed by atoms with Crippen LogP contribution in [0.2, 0.25) is 5.02 Å². The molecule has 86 valence electrons. The van der Waals surface area contributed by atoms with Gasteiger partial charge < -0.3 is 0 Å². The fourth-order valence-electron chi connectivity index (χ4n) is 1.09. The lowest BCUT2D eigenvalue weighted by atomic mass is 10.2. The van der Waals surface area contributed by atoms with E-state index in [0.29, 0.717) is 10.6 Å². The van der Waals surface area contributed by atoms with Gasteiger partial charge in [-0.25, -0.2) is 0 Å². The van der Waals surface area contributed by atoms with Gasteiger partial charge in [-0.3, -0.25) is 0 Å². The second-order valence-corrected chi connectivity index (χ2v) is 6.65. The molecule has 7 heteroatoms. The lowest BCUT2D eigenvalue weighted by Gasteiger charge is -2.00. The Hall–Kier alpha value is -0.740. The molecule has 0 aliphatic carbocycles. The molecule has 0 saturated heterocycles. The highest BCUT2D eigenvalue weighted by Crippen LogP contribution is 2.35. The van der Waals surface area contributed by atoms with Crippen LogP contribution in [0.4, 0.5) is 0 Å². The Labute approximate surface area is 116 Å². The minimum atomic E-state index is 0.598. The molecular weight excluding hydrogens is 294 g/mol. The monoisotopic (exact) mass is 299 g/mol. The third kappa shape index (κ3) is 3.13. The summed E-state index contributed by atoms with van der Waals surface area (Å²) < 4.78 is 1.72. The SMILES string of the molecule is CSc1nnc(Sc2cc(Cl)ccc2C#N)s1. The minimum Gasteiger partial charge on any atom is -0.192 e. The van der Waals surface area contributed by atoms with Gasteiger partial charge in [0.15, 0.2) is 8.68 Å². The molecule has 0 aliphatic rings. The maximum absolute atomic E-state index is 9.00. The smallest absolute Gasteiger partial charge is 0.179 e. The standard InChI is InChI=1S/C10H6ClN3S3/c1-15-9-13-14-10(17-9)16-8-4-7(11)3-2-6(8)5-12/h2-4H,1H3. The molecule has 17 heavy (non-hydrogen) atoms. The second kappa shape index (κ2) is 5.74. The Balaban J connectivity index is 2.29. The third-order valence-corrected chi connectivity index (χ3v) is 5.07. The van der Waals surface area contributed by atoms with Crippen LogP contribution in [0, 0.1) is 11.3 Å². The Bertz CT molecular complexity index is 576. The molecule has 0 radical (unpaired) electrons. The van der Waals surface area contributed by atoms with Crippen LogP contribution < -0.4 is 0 Å². The molecule has 0 spiro atoms. The molecule has 2 aromatic rings. The molecule has 2 rings (SSSR count). The zero-order chi connectivity index (χ0) is 12.3. The molecule has 0 N–H and O–H groups in total. The van der Waals surface area contributed by atoms with Crippen LogP contribution >= 0.6 is 46.5 Å². The first-order chi connectivity index (χ1) is 8.22. The average molecular weight is 300 g/mol. The molecule has 1 aromatic heterocycles. The van der Waals surface area contributed by atoms with Crippen molar-refractivity contribution < 1.29 is 0 Å². The van der Waals surface area contributed by atoms with Gasteiger partial charge in [0.2, 0.25) is 0 Å². The fourth-order valence-corrected chi connectivity index (χ4v) is 3.84. The number of hydrogen-bond donors (Lipinski definition) is 0. The molecular formula is C10H6ClN3S3. The summed E-state index contributed by atoms with van der Waals surface area (Å²) in [5.74, 6) is 0. The molecule has 0 saturated carbocycles. The summed E-state index contributed by atoms with van der Waals surface area (Å²) in [6.45, 7) is 0. The number of benzene rings is 1. The molecule has 3 nitrogen and oxygen atoms in total. The first-order valence-electron chi connectivity index (χ1n) is 4.48. The summed E-state index contributed by atoms with van der Waals surface area (Å²) in [6.07, 6.45) is 1.95. The lowest BCUT2D eigenvalue weighted by molar-refractivity contribution is 0.955. The number of aromatic nitrogens is 2. The highest BCUT2D eigenvalue weighted by atomic mass is 35.5.